The lowest BCUT2D eigenvalue weighted by Gasteiger charge is -2.20. The minimum absolute atomic E-state index is 0.577. The molecule has 0 aliphatic rings. The van der Waals surface area contributed by atoms with Gasteiger partial charge in [0.15, 0.2) is 0 Å². The van der Waals surface area contributed by atoms with E-state index in [1.807, 2.05) is 0 Å². The molecule has 0 aliphatic heterocycles. The van der Waals surface area contributed by atoms with Gasteiger partial charge in [-0.1, -0.05) is 19.1 Å². The number of thiophene rings is 1. The van der Waals surface area contributed by atoms with Gasteiger partial charge in [0.1, 0.15) is 0 Å². The number of thiocarbonyl (C=S) groups is 1. The number of hydrogen-bond acceptors (Lipinski definition) is 3. The van der Waals surface area contributed by atoms with E-state index in [9.17, 15) is 0 Å². The molecule has 0 aliphatic carbocycles. The molecular formula is C10H16N2S2. The molecule has 4 heteroatoms. The summed E-state index contributed by atoms with van der Waals surface area (Å²) in [6.07, 6.45) is 1.13. The second-order valence-corrected chi connectivity index (χ2v) is 4.61. The lowest BCUT2D eigenvalue weighted by atomic mass is 10.3. The first-order valence-corrected chi connectivity index (χ1v) is 6.09. The van der Waals surface area contributed by atoms with Crippen molar-refractivity contribution in [3.63, 3.8) is 0 Å². The average Bonchev–Trinajstić information content (AvgIpc) is 2.56. The van der Waals surface area contributed by atoms with E-state index in [1.165, 1.54) is 5.56 Å². The summed E-state index contributed by atoms with van der Waals surface area (Å²) in [6.45, 7) is 4.89. The van der Waals surface area contributed by atoms with Gasteiger partial charge in [-0.05, 0) is 35.4 Å². The monoisotopic (exact) mass is 228 g/mol. The van der Waals surface area contributed by atoms with Gasteiger partial charge in [-0.15, -0.1) is 0 Å². The first kappa shape index (κ1) is 11.6. The number of rotatable bonds is 6. The molecule has 0 atom stereocenters. The van der Waals surface area contributed by atoms with Crippen LogP contribution in [-0.2, 0) is 6.54 Å². The van der Waals surface area contributed by atoms with Crippen LogP contribution in [0.2, 0.25) is 0 Å². The van der Waals surface area contributed by atoms with Crippen LogP contribution in [-0.4, -0.2) is 23.0 Å². The molecule has 0 spiro atoms. The second-order valence-electron chi connectivity index (χ2n) is 3.31. The van der Waals surface area contributed by atoms with Gasteiger partial charge < -0.3 is 5.73 Å². The zero-order valence-corrected chi connectivity index (χ0v) is 10.0. The topological polar surface area (TPSA) is 29.3 Å². The average molecular weight is 228 g/mol. The molecule has 1 aromatic rings. The maximum atomic E-state index is 5.54. The molecule has 0 aromatic carbocycles. The Morgan fingerprint density at radius 2 is 2.43 bits per heavy atom. The Morgan fingerprint density at radius 3 is 2.93 bits per heavy atom. The van der Waals surface area contributed by atoms with Crippen LogP contribution in [0.1, 0.15) is 18.9 Å². The SMILES string of the molecule is CCCN(CC(N)=S)Cc1ccsc1. The fourth-order valence-corrected chi connectivity index (χ4v) is 2.23. The van der Waals surface area contributed by atoms with E-state index in [4.69, 9.17) is 18.0 Å². The van der Waals surface area contributed by atoms with Crippen LogP contribution in [0.4, 0.5) is 0 Å². The summed E-state index contributed by atoms with van der Waals surface area (Å²) in [5.74, 6) is 0. The van der Waals surface area contributed by atoms with Crippen LogP contribution >= 0.6 is 23.6 Å². The van der Waals surface area contributed by atoms with Crippen molar-refractivity contribution in [3.8, 4) is 0 Å². The summed E-state index contributed by atoms with van der Waals surface area (Å²) in [4.78, 5) is 2.86. The van der Waals surface area contributed by atoms with Crippen molar-refractivity contribution in [1.29, 1.82) is 0 Å². The molecule has 1 heterocycles. The minimum atomic E-state index is 0.577. The summed E-state index contributed by atoms with van der Waals surface area (Å²) in [5, 5.41) is 4.27. The van der Waals surface area contributed by atoms with Crippen molar-refractivity contribution < 1.29 is 0 Å². The fraction of sp³-hybridized carbons (Fsp3) is 0.500. The Morgan fingerprint density at radius 1 is 1.64 bits per heavy atom. The Bertz CT molecular complexity index is 270. The summed E-state index contributed by atoms with van der Waals surface area (Å²) in [6, 6.07) is 2.15. The van der Waals surface area contributed by atoms with E-state index < -0.39 is 0 Å². The van der Waals surface area contributed by atoms with Gasteiger partial charge in [0.2, 0.25) is 0 Å². The molecule has 0 fully saturated rings. The smallest absolute Gasteiger partial charge is 0.0870 e. The van der Waals surface area contributed by atoms with Gasteiger partial charge in [-0.2, -0.15) is 11.3 Å². The first-order chi connectivity index (χ1) is 6.72. The van der Waals surface area contributed by atoms with Crippen molar-refractivity contribution in [2.24, 2.45) is 5.73 Å². The Hall–Kier alpha value is -0.450. The van der Waals surface area contributed by atoms with Gasteiger partial charge in [-0.3, -0.25) is 4.90 Å². The molecule has 0 saturated carbocycles. The van der Waals surface area contributed by atoms with E-state index in [1.54, 1.807) is 11.3 Å². The van der Waals surface area contributed by atoms with Crippen molar-refractivity contribution >= 4 is 28.5 Å². The highest BCUT2D eigenvalue weighted by atomic mass is 32.1. The van der Waals surface area contributed by atoms with Crippen LogP contribution in [0, 0.1) is 0 Å². The summed E-state index contributed by atoms with van der Waals surface area (Å²) >= 11 is 6.65. The maximum absolute atomic E-state index is 5.54. The van der Waals surface area contributed by atoms with Gasteiger partial charge >= 0.3 is 0 Å². The molecule has 0 amide bonds. The molecule has 1 rings (SSSR count). The molecule has 78 valence electrons. The third-order valence-electron chi connectivity index (χ3n) is 1.91. The van der Waals surface area contributed by atoms with E-state index in [-0.39, 0.29) is 0 Å². The Balaban J connectivity index is 2.46. The van der Waals surface area contributed by atoms with E-state index in [2.05, 4.69) is 28.7 Å². The molecule has 14 heavy (non-hydrogen) atoms. The molecule has 0 radical (unpaired) electrons. The largest absolute Gasteiger partial charge is 0.392 e. The number of nitrogens with two attached hydrogens (primary N) is 1. The van der Waals surface area contributed by atoms with Crippen LogP contribution in [0.3, 0.4) is 0 Å². The molecular weight excluding hydrogens is 212 g/mol. The third-order valence-corrected chi connectivity index (χ3v) is 2.77. The molecule has 1 aromatic heterocycles. The molecule has 0 bridgehead atoms. The maximum Gasteiger partial charge on any atom is 0.0870 e. The third kappa shape index (κ3) is 4.17. The van der Waals surface area contributed by atoms with E-state index in [0.717, 1.165) is 26.1 Å². The van der Waals surface area contributed by atoms with E-state index >= 15 is 0 Å². The van der Waals surface area contributed by atoms with Crippen LogP contribution in [0.15, 0.2) is 16.8 Å². The lowest BCUT2D eigenvalue weighted by Crippen LogP contribution is -2.32. The van der Waals surface area contributed by atoms with Gasteiger partial charge in [-0.25, -0.2) is 0 Å². The summed E-state index contributed by atoms with van der Waals surface area (Å²) < 4.78 is 0. The fourth-order valence-electron chi connectivity index (χ4n) is 1.39. The van der Waals surface area contributed by atoms with Crippen LogP contribution < -0.4 is 5.73 Å². The van der Waals surface area contributed by atoms with Crippen LogP contribution in [0.5, 0.6) is 0 Å². The van der Waals surface area contributed by atoms with Crippen molar-refractivity contribution in [2.45, 2.75) is 19.9 Å². The Kier molecular flexibility index (Phi) is 5.07. The van der Waals surface area contributed by atoms with Crippen molar-refractivity contribution in [2.75, 3.05) is 13.1 Å². The molecule has 2 nitrogen and oxygen atoms in total. The standard InChI is InChI=1S/C10H16N2S2/c1-2-4-12(7-10(11)13)6-9-3-5-14-8-9/h3,5,8H,2,4,6-7H2,1H3,(H2,11,13). The quantitative estimate of drug-likeness (QED) is 0.757. The summed E-state index contributed by atoms with van der Waals surface area (Å²) in [5.41, 5.74) is 6.89. The first-order valence-electron chi connectivity index (χ1n) is 4.74. The zero-order chi connectivity index (χ0) is 10.4. The molecule has 0 unspecified atom stereocenters. The van der Waals surface area contributed by atoms with Crippen LogP contribution in [0.25, 0.3) is 0 Å². The van der Waals surface area contributed by atoms with Gasteiger partial charge in [0.05, 0.1) is 4.99 Å². The van der Waals surface area contributed by atoms with E-state index in [0.29, 0.717) is 4.99 Å². The van der Waals surface area contributed by atoms with Gasteiger partial charge in [0.25, 0.3) is 0 Å². The second kappa shape index (κ2) is 6.11. The predicted octanol–water partition coefficient (Wildman–Crippen LogP) is 2.25. The molecule has 2 N–H and O–H groups in total. The molecule has 0 saturated heterocycles. The normalized spacial score (nSPS) is 10.7. The lowest BCUT2D eigenvalue weighted by molar-refractivity contribution is 0.305. The van der Waals surface area contributed by atoms with Gasteiger partial charge in [0, 0.05) is 13.1 Å². The Labute approximate surface area is 94.7 Å². The summed E-state index contributed by atoms with van der Waals surface area (Å²) in [7, 11) is 0. The predicted molar refractivity (Wildman–Crippen MR) is 66.7 cm³/mol. The number of hydrogen-bond donors (Lipinski definition) is 1. The number of nitrogens with zero attached hydrogens (tertiary/aromatic N) is 1. The van der Waals surface area contributed by atoms with Crippen molar-refractivity contribution in [3.05, 3.63) is 22.4 Å². The van der Waals surface area contributed by atoms with Crippen molar-refractivity contribution in [1.82, 2.24) is 4.90 Å². The highest BCUT2D eigenvalue weighted by Crippen LogP contribution is 2.09. The highest BCUT2D eigenvalue weighted by Gasteiger charge is 2.05. The highest BCUT2D eigenvalue weighted by molar-refractivity contribution is 7.80. The zero-order valence-electron chi connectivity index (χ0n) is 8.40. The minimum Gasteiger partial charge on any atom is -0.392 e.